The lowest BCUT2D eigenvalue weighted by Crippen LogP contribution is -2.35. The normalized spacial score (nSPS) is 17.9. The molecule has 0 bridgehead atoms. The Morgan fingerprint density at radius 2 is 2.17 bits per heavy atom. The number of ether oxygens (including phenoxy) is 1. The summed E-state index contributed by atoms with van der Waals surface area (Å²) >= 11 is 0. The molecule has 2 aromatic heterocycles. The standard InChI is InChI=1S/C16H21N5O3/c1-16(2,3)24-15(23)21-12-6-7-13(19-11(12)9-18-21)20-14(22)10-5-4-8-17-10/h6-7,9-10,17H,4-5,8H2,1-3H3,(H,19,20,22)/t10-/m1/s1. The van der Waals surface area contributed by atoms with Crippen LogP contribution in [0.4, 0.5) is 10.6 Å². The van der Waals surface area contributed by atoms with E-state index in [0.29, 0.717) is 16.9 Å². The zero-order valence-corrected chi connectivity index (χ0v) is 14.0. The van der Waals surface area contributed by atoms with Gasteiger partial charge in [0.15, 0.2) is 0 Å². The summed E-state index contributed by atoms with van der Waals surface area (Å²) in [7, 11) is 0. The fraction of sp³-hybridized carbons (Fsp3) is 0.500. The number of hydrogen-bond acceptors (Lipinski definition) is 6. The number of carbonyl (C=O) groups excluding carboxylic acids is 2. The first-order valence-corrected chi connectivity index (χ1v) is 7.96. The lowest BCUT2D eigenvalue weighted by molar-refractivity contribution is -0.117. The number of fused-ring (bicyclic) bond motifs is 1. The molecule has 8 heteroatoms. The van der Waals surface area contributed by atoms with Gasteiger partial charge in [-0.1, -0.05) is 0 Å². The van der Waals surface area contributed by atoms with Crippen molar-refractivity contribution < 1.29 is 14.3 Å². The van der Waals surface area contributed by atoms with E-state index in [-0.39, 0.29) is 11.9 Å². The summed E-state index contributed by atoms with van der Waals surface area (Å²) in [5.41, 5.74) is 0.435. The Kier molecular flexibility index (Phi) is 4.23. The number of rotatable bonds is 2. The summed E-state index contributed by atoms with van der Waals surface area (Å²) in [6, 6.07) is 3.17. The number of nitrogens with one attached hydrogen (secondary N) is 2. The number of anilines is 1. The van der Waals surface area contributed by atoms with Crippen LogP contribution in [0.2, 0.25) is 0 Å². The molecule has 0 unspecified atom stereocenters. The van der Waals surface area contributed by atoms with Crippen molar-refractivity contribution >= 4 is 28.9 Å². The van der Waals surface area contributed by atoms with Crippen molar-refractivity contribution in [3.8, 4) is 0 Å². The van der Waals surface area contributed by atoms with Crippen LogP contribution in [0.1, 0.15) is 33.6 Å². The summed E-state index contributed by atoms with van der Waals surface area (Å²) in [6.45, 7) is 6.23. The molecule has 0 aliphatic carbocycles. The van der Waals surface area contributed by atoms with Crippen molar-refractivity contribution in [2.24, 2.45) is 0 Å². The predicted octanol–water partition coefficient (Wildman–Crippen LogP) is 1.90. The van der Waals surface area contributed by atoms with Gasteiger partial charge in [-0.15, -0.1) is 0 Å². The molecule has 1 aliphatic rings. The van der Waals surface area contributed by atoms with Gasteiger partial charge >= 0.3 is 6.09 Å². The second-order valence-electron chi connectivity index (χ2n) is 6.78. The molecule has 1 aliphatic heterocycles. The van der Waals surface area contributed by atoms with Crippen molar-refractivity contribution in [2.45, 2.75) is 45.3 Å². The third-order valence-electron chi connectivity index (χ3n) is 3.62. The van der Waals surface area contributed by atoms with Crippen molar-refractivity contribution in [1.29, 1.82) is 0 Å². The molecular formula is C16H21N5O3. The lowest BCUT2D eigenvalue weighted by Gasteiger charge is -2.19. The highest BCUT2D eigenvalue weighted by Gasteiger charge is 2.23. The van der Waals surface area contributed by atoms with E-state index in [4.69, 9.17) is 4.74 Å². The first-order chi connectivity index (χ1) is 11.3. The topological polar surface area (TPSA) is 98.1 Å². The van der Waals surface area contributed by atoms with Crippen LogP contribution in [0.25, 0.3) is 11.0 Å². The van der Waals surface area contributed by atoms with E-state index >= 15 is 0 Å². The third kappa shape index (κ3) is 3.53. The average Bonchev–Trinajstić information content (AvgIpc) is 3.14. The molecule has 0 saturated carbocycles. The Morgan fingerprint density at radius 1 is 1.38 bits per heavy atom. The van der Waals surface area contributed by atoms with Gasteiger partial charge in [-0.05, 0) is 52.3 Å². The third-order valence-corrected chi connectivity index (χ3v) is 3.62. The average molecular weight is 331 g/mol. The van der Waals surface area contributed by atoms with Gasteiger partial charge in [-0.2, -0.15) is 9.78 Å². The smallest absolute Gasteiger partial charge is 0.435 e. The van der Waals surface area contributed by atoms with Gasteiger partial charge in [0.05, 0.1) is 17.8 Å². The second-order valence-corrected chi connectivity index (χ2v) is 6.78. The summed E-state index contributed by atoms with van der Waals surface area (Å²) in [4.78, 5) is 28.6. The first-order valence-electron chi connectivity index (χ1n) is 7.96. The Balaban J connectivity index is 1.78. The number of aromatic nitrogens is 3. The highest BCUT2D eigenvalue weighted by atomic mass is 16.6. The maximum Gasteiger partial charge on any atom is 0.435 e. The molecule has 128 valence electrons. The summed E-state index contributed by atoms with van der Waals surface area (Å²) in [5, 5.41) is 9.96. The minimum Gasteiger partial charge on any atom is -0.442 e. The molecule has 1 amide bonds. The van der Waals surface area contributed by atoms with Crippen LogP contribution in [-0.2, 0) is 9.53 Å². The Bertz CT molecular complexity index is 772. The largest absolute Gasteiger partial charge is 0.442 e. The van der Waals surface area contributed by atoms with E-state index in [1.165, 1.54) is 6.20 Å². The zero-order chi connectivity index (χ0) is 17.3. The molecular weight excluding hydrogens is 310 g/mol. The summed E-state index contributed by atoms with van der Waals surface area (Å²) in [6.07, 6.45) is 2.73. The molecule has 2 N–H and O–H groups in total. The van der Waals surface area contributed by atoms with Gasteiger partial charge in [0.25, 0.3) is 0 Å². The summed E-state index contributed by atoms with van der Waals surface area (Å²) < 4.78 is 6.47. The van der Waals surface area contributed by atoms with Crippen LogP contribution in [-0.4, -0.2) is 45.0 Å². The molecule has 0 spiro atoms. The van der Waals surface area contributed by atoms with Gasteiger partial charge in [-0.25, -0.2) is 9.78 Å². The molecule has 3 heterocycles. The minimum atomic E-state index is -0.606. The molecule has 1 fully saturated rings. The van der Waals surface area contributed by atoms with Crippen LogP contribution in [0, 0.1) is 0 Å². The monoisotopic (exact) mass is 331 g/mol. The fourth-order valence-electron chi connectivity index (χ4n) is 2.56. The van der Waals surface area contributed by atoms with E-state index in [1.807, 2.05) is 0 Å². The van der Waals surface area contributed by atoms with Crippen LogP contribution in [0.3, 0.4) is 0 Å². The highest BCUT2D eigenvalue weighted by Crippen LogP contribution is 2.17. The van der Waals surface area contributed by atoms with Crippen molar-refractivity contribution in [1.82, 2.24) is 20.1 Å². The molecule has 0 radical (unpaired) electrons. The Morgan fingerprint density at radius 3 is 2.83 bits per heavy atom. The maximum atomic E-state index is 12.1. The van der Waals surface area contributed by atoms with Gasteiger partial charge in [0.2, 0.25) is 5.91 Å². The van der Waals surface area contributed by atoms with E-state index in [0.717, 1.165) is 24.1 Å². The van der Waals surface area contributed by atoms with Gasteiger partial charge in [-0.3, -0.25) is 4.79 Å². The summed E-state index contributed by atoms with van der Waals surface area (Å²) in [5.74, 6) is 0.337. The van der Waals surface area contributed by atoms with Crippen LogP contribution in [0.5, 0.6) is 0 Å². The lowest BCUT2D eigenvalue weighted by atomic mass is 10.2. The SMILES string of the molecule is CC(C)(C)OC(=O)n1ncc2nc(NC(=O)[C@H]3CCCN3)ccc21. The molecule has 1 saturated heterocycles. The Hall–Kier alpha value is -2.48. The molecule has 0 aromatic carbocycles. The number of amides is 1. The fourth-order valence-corrected chi connectivity index (χ4v) is 2.56. The zero-order valence-electron chi connectivity index (χ0n) is 14.0. The van der Waals surface area contributed by atoms with Gasteiger partial charge in [0, 0.05) is 0 Å². The first kappa shape index (κ1) is 16.4. The van der Waals surface area contributed by atoms with E-state index in [1.54, 1.807) is 32.9 Å². The Labute approximate surface area is 139 Å². The van der Waals surface area contributed by atoms with E-state index in [2.05, 4.69) is 20.7 Å². The second kappa shape index (κ2) is 6.20. The maximum absolute atomic E-state index is 12.1. The number of nitrogens with zero attached hydrogens (tertiary/aromatic N) is 3. The van der Waals surface area contributed by atoms with Crippen molar-refractivity contribution in [3.05, 3.63) is 18.3 Å². The molecule has 1 atom stereocenters. The van der Waals surface area contributed by atoms with Gasteiger partial charge in [0.1, 0.15) is 16.9 Å². The van der Waals surface area contributed by atoms with Crippen LogP contribution >= 0.6 is 0 Å². The number of hydrogen-bond donors (Lipinski definition) is 2. The van der Waals surface area contributed by atoms with E-state index < -0.39 is 11.7 Å². The van der Waals surface area contributed by atoms with E-state index in [9.17, 15) is 9.59 Å². The molecule has 24 heavy (non-hydrogen) atoms. The van der Waals surface area contributed by atoms with Crippen LogP contribution < -0.4 is 10.6 Å². The van der Waals surface area contributed by atoms with Crippen molar-refractivity contribution in [3.63, 3.8) is 0 Å². The minimum absolute atomic E-state index is 0.0983. The number of carbonyl (C=O) groups is 2. The quantitative estimate of drug-likeness (QED) is 0.872. The number of pyridine rings is 1. The van der Waals surface area contributed by atoms with Gasteiger partial charge < -0.3 is 15.4 Å². The molecule has 2 aromatic rings. The van der Waals surface area contributed by atoms with Crippen LogP contribution in [0.15, 0.2) is 18.3 Å². The van der Waals surface area contributed by atoms with Crippen molar-refractivity contribution in [2.75, 3.05) is 11.9 Å². The highest BCUT2D eigenvalue weighted by molar-refractivity contribution is 5.95. The molecule has 8 nitrogen and oxygen atoms in total. The molecule has 3 rings (SSSR count). The predicted molar refractivity (Wildman–Crippen MR) is 88.8 cm³/mol.